The fraction of sp³-hybridized carbons (Fsp3) is 0.700. The first-order valence-electron chi connectivity index (χ1n) is 4.77. The predicted octanol–water partition coefficient (Wildman–Crippen LogP) is 1.82. The second kappa shape index (κ2) is 4.09. The van der Waals surface area contributed by atoms with Gasteiger partial charge in [0.15, 0.2) is 6.17 Å². The Bertz CT molecular complexity index is 288. The van der Waals surface area contributed by atoms with Crippen LogP contribution in [0.15, 0.2) is 12.3 Å². The van der Waals surface area contributed by atoms with Crippen LogP contribution in [0.2, 0.25) is 0 Å². The van der Waals surface area contributed by atoms with E-state index in [-0.39, 0.29) is 5.54 Å². The third-order valence-corrected chi connectivity index (χ3v) is 1.99. The van der Waals surface area contributed by atoms with E-state index in [2.05, 4.69) is 10.4 Å². The molecular weight excluding hydrogens is 181 g/mol. The van der Waals surface area contributed by atoms with Crippen LogP contribution in [-0.2, 0) is 7.05 Å². The van der Waals surface area contributed by atoms with Gasteiger partial charge in [0.1, 0.15) is 0 Å². The third kappa shape index (κ3) is 3.10. The third-order valence-electron chi connectivity index (χ3n) is 1.99. The molecule has 1 heterocycles. The normalized spacial score (nSPS) is 14.4. The molecule has 0 aromatic carbocycles. The zero-order valence-electron chi connectivity index (χ0n) is 9.21. The highest BCUT2D eigenvalue weighted by Crippen LogP contribution is 2.15. The summed E-state index contributed by atoms with van der Waals surface area (Å²) in [5.74, 6) is 0. The molecule has 1 aromatic heterocycles. The minimum atomic E-state index is -0.998. The van der Waals surface area contributed by atoms with E-state index in [1.807, 2.05) is 20.8 Å². The molecule has 1 unspecified atom stereocenters. The van der Waals surface area contributed by atoms with E-state index in [1.165, 1.54) is 0 Å². The molecule has 1 atom stereocenters. The van der Waals surface area contributed by atoms with Crippen LogP contribution in [0.3, 0.4) is 0 Å². The number of rotatable bonds is 3. The van der Waals surface area contributed by atoms with Crippen molar-refractivity contribution in [2.24, 2.45) is 7.05 Å². The van der Waals surface area contributed by atoms with Gasteiger partial charge in [-0.1, -0.05) is 0 Å². The van der Waals surface area contributed by atoms with Crippen molar-refractivity contribution in [2.75, 3.05) is 6.54 Å². The van der Waals surface area contributed by atoms with Crippen LogP contribution in [0.5, 0.6) is 0 Å². The van der Waals surface area contributed by atoms with Crippen molar-refractivity contribution in [2.45, 2.75) is 32.5 Å². The van der Waals surface area contributed by atoms with Gasteiger partial charge in [-0.3, -0.25) is 4.68 Å². The summed E-state index contributed by atoms with van der Waals surface area (Å²) in [4.78, 5) is 0. The van der Waals surface area contributed by atoms with E-state index < -0.39 is 6.17 Å². The zero-order valence-corrected chi connectivity index (χ0v) is 9.21. The Labute approximate surface area is 84.3 Å². The number of nitrogens with one attached hydrogen (secondary N) is 1. The number of aromatic nitrogens is 2. The van der Waals surface area contributed by atoms with Crippen LogP contribution in [0.4, 0.5) is 4.39 Å². The molecule has 4 heteroatoms. The molecule has 1 rings (SSSR count). The summed E-state index contributed by atoms with van der Waals surface area (Å²) in [6.45, 7) is 6.37. The van der Waals surface area contributed by atoms with E-state index >= 15 is 0 Å². The Balaban J connectivity index is 2.51. The lowest BCUT2D eigenvalue weighted by atomic mass is 10.1. The van der Waals surface area contributed by atoms with Crippen molar-refractivity contribution < 1.29 is 4.39 Å². The maximum absolute atomic E-state index is 13.6. The van der Waals surface area contributed by atoms with E-state index in [0.29, 0.717) is 12.2 Å². The lowest BCUT2D eigenvalue weighted by Gasteiger charge is -2.22. The molecular formula is C10H18FN3. The smallest absolute Gasteiger partial charge is 0.154 e. The molecule has 0 aliphatic heterocycles. The molecule has 0 spiro atoms. The number of alkyl halides is 1. The lowest BCUT2D eigenvalue weighted by molar-refractivity contribution is 0.279. The summed E-state index contributed by atoms with van der Waals surface area (Å²) in [6, 6.07) is 1.70. The van der Waals surface area contributed by atoms with Crippen LogP contribution in [0.25, 0.3) is 0 Å². The Morgan fingerprint density at radius 1 is 1.57 bits per heavy atom. The van der Waals surface area contributed by atoms with Gasteiger partial charge in [-0.2, -0.15) is 5.10 Å². The van der Waals surface area contributed by atoms with Crippen LogP contribution in [0.1, 0.15) is 32.6 Å². The van der Waals surface area contributed by atoms with Gasteiger partial charge in [0.25, 0.3) is 0 Å². The summed E-state index contributed by atoms with van der Waals surface area (Å²) in [7, 11) is 1.75. The zero-order chi connectivity index (χ0) is 10.8. The first-order chi connectivity index (χ1) is 6.40. The summed E-state index contributed by atoms with van der Waals surface area (Å²) in [5.41, 5.74) is 0.560. The van der Waals surface area contributed by atoms with Gasteiger partial charge in [-0.15, -0.1) is 0 Å². The van der Waals surface area contributed by atoms with Crippen molar-refractivity contribution in [3.05, 3.63) is 18.0 Å². The van der Waals surface area contributed by atoms with E-state index in [1.54, 1.807) is 24.0 Å². The maximum atomic E-state index is 13.6. The average Bonchev–Trinajstić information content (AvgIpc) is 2.46. The van der Waals surface area contributed by atoms with Gasteiger partial charge in [-0.05, 0) is 26.8 Å². The summed E-state index contributed by atoms with van der Waals surface area (Å²) in [6.07, 6.45) is 0.612. The molecule has 0 aliphatic rings. The van der Waals surface area contributed by atoms with Gasteiger partial charge in [-0.25, -0.2) is 4.39 Å². The Kier molecular flexibility index (Phi) is 3.26. The first kappa shape index (κ1) is 11.2. The average molecular weight is 199 g/mol. The molecule has 0 saturated heterocycles. The molecule has 0 radical (unpaired) electrons. The highest BCUT2D eigenvalue weighted by molar-refractivity contribution is 5.04. The largest absolute Gasteiger partial charge is 0.309 e. The predicted molar refractivity (Wildman–Crippen MR) is 54.8 cm³/mol. The number of nitrogens with zero attached hydrogens (tertiary/aromatic N) is 2. The van der Waals surface area contributed by atoms with E-state index in [9.17, 15) is 4.39 Å². The van der Waals surface area contributed by atoms with Crippen LogP contribution in [0, 0.1) is 0 Å². The number of aryl methyl sites for hydroxylation is 1. The first-order valence-corrected chi connectivity index (χ1v) is 4.77. The minimum Gasteiger partial charge on any atom is -0.309 e. The number of hydrogen-bond acceptors (Lipinski definition) is 2. The SMILES string of the molecule is Cn1nccc1C(F)CNC(C)(C)C. The highest BCUT2D eigenvalue weighted by Gasteiger charge is 2.16. The monoisotopic (exact) mass is 199 g/mol. The van der Waals surface area contributed by atoms with Gasteiger partial charge < -0.3 is 5.32 Å². The summed E-state index contributed by atoms with van der Waals surface area (Å²) >= 11 is 0. The number of hydrogen-bond donors (Lipinski definition) is 1. The topological polar surface area (TPSA) is 29.9 Å². The minimum absolute atomic E-state index is 0.0526. The molecule has 14 heavy (non-hydrogen) atoms. The van der Waals surface area contributed by atoms with Gasteiger partial charge >= 0.3 is 0 Å². The second-order valence-corrected chi connectivity index (χ2v) is 4.48. The fourth-order valence-electron chi connectivity index (χ4n) is 1.19. The molecule has 1 aromatic rings. The summed E-state index contributed by atoms with van der Waals surface area (Å²) in [5, 5.41) is 7.05. The van der Waals surface area contributed by atoms with Gasteiger partial charge in [0.2, 0.25) is 0 Å². The Morgan fingerprint density at radius 3 is 2.64 bits per heavy atom. The van der Waals surface area contributed by atoms with E-state index in [4.69, 9.17) is 0 Å². The Hall–Kier alpha value is -0.900. The summed E-state index contributed by atoms with van der Waals surface area (Å²) < 4.78 is 15.2. The molecule has 0 fully saturated rings. The van der Waals surface area contributed by atoms with E-state index in [0.717, 1.165) is 0 Å². The molecule has 0 amide bonds. The highest BCUT2D eigenvalue weighted by atomic mass is 19.1. The molecule has 0 bridgehead atoms. The van der Waals surface area contributed by atoms with Crippen molar-refractivity contribution in [3.8, 4) is 0 Å². The Morgan fingerprint density at radius 2 is 2.21 bits per heavy atom. The van der Waals surface area contributed by atoms with Crippen molar-refractivity contribution >= 4 is 0 Å². The standard InChI is InChI=1S/C10H18FN3/c1-10(2,3)12-7-8(11)9-5-6-13-14(9)4/h5-6,8,12H,7H2,1-4H3. The molecule has 3 nitrogen and oxygen atoms in total. The maximum Gasteiger partial charge on any atom is 0.154 e. The van der Waals surface area contributed by atoms with Crippen LogP contribution < -0.4 is 5.32 Å². The van der Waals surface area contributed by atoms with Crippen LogP contribution in [-0.4, -0.2) is 21.9 Å². The van der Waals surface area contributed by atoms with Crippen molar-refractivity contribution in [3.63, 3.8) is 0 Å². The van der Waals surface area contributed by atoms with Crippen molar-refractivity contribution in [1.29, 1.82) is 0 Å². The quantitative estimate of drug-likeness (QED) is 0.804. The molecule has 0 aliphatic carbocycles. The molecule has 1 N–H and O–H groups in total. The molecule has 0 saturated carbocycles. The van der Waals surface area contributed by atoms with Gasteiger partial charge in [0, 0.05) is 25.3 Å². The molecule has 80 valence electrons. The van der Waals surface area contributed by atoms with Crippen LogP contribution >= 0.6 is 0 Å². The number of halogens is 1. The van der Waals surface area contributed by atoms with Gasteiger partial charge in [0.05, 0.1) is 5.69 Å². The lowest BCUT2D eigenvalue weighted by Crippen LogP contribution is -2.38. The fourth-order valence-corrected chi connectivity index (χ4v) is 1.19. The second-order valence-electron chi connectivity index (χ2n) is 4.48. The van der Waals surface area contributed by atoms with Crippen molar-refractivity contribution in [1.82, 2.24) is 15.1 Å².